The van der Waals surface area contributed by atoms with Crippen LogP contribution in [0.25, 0.3) is 10.9 Å². The number of methoxy groups -OCH3 is 1. The lowest BCUT2D eigenvalue weighted by Crippen LogP contribution is -2.44. The predicted octanol–water partition coefficient (Wildman–Crippen LogP) is 0.238. The molecule has 0 radical (unpaired) electrons. The van der Waals surface area contributed by atoms with E-state index < -0.39 is 40.3 Å². The average molecular weight is 408 g/mol. The summed E-state index contributed by atoms with van der Waals surface area (Å²) in [4.78, 5) is 15.6. The summed E-state index contributed by atoms with van der Waals surface area (Å²) in [6, 6.07) is 7.99. The zero-order valence-electron chi connectivity index (χ0n) is 15.1. The second-order valence-electron chi connectivity index (χ2n) is 6.58. The fraction of sp³-hybridized carbons (Fsp3) is 0.444. The van der Waals surface area contributed by atoms with Crippen LogP contribution in [0.3, 0.4) is 0 Å². The van der Waals surface area contributed by atoms with Gasteiger partial charge >= 0.3 is 5.97 Å². The number of pyridine rings is 1. The van der Waals surface area contributed by atoms with Gasteiger partial charge in [0.25, 0.3) is 0 Å². The lowest BCUT2D eigenvalue weighted by atomic mass is 10.1. The van der Waals surface area contributed by atoms with Gasteiger partial charge in [-0.3, -0.25) is 4.98 Å². The maximum absolute atomic E-state index is 13.0. The molecule has 0 aliphatic carbocycles. The first-order chi connectivity index (χ1) is 13.5. The van der Waals surface area contributed by atoms with E-state index in [-0.39, 0.29) is 24.7 Å². The number of ether oxygens (including phenoxy) is 4. The first-order valence-corrected chi connectivity index (χ1v) is 10.3. The van der Waals surface area contributed by atoms with E-state index >= 15 is 0 Å². The van der Waals surface area contributed by atoms with Crippen molar-refractivity contribution in [3.63, 3.8) is 0 Å². The van der Waals surface area contributed by atoms with Gasteiger partial charge in [-0.25, -0.2) is 17.9 Å². The summed E-state index contributed by atoms with van der Waals surface area (Å²) in [6.45, 7) is 0.139. The van der Waals surface area contributed by atoms with Crippen molar-refractivity contribution in [2.45, 2.75) is 29.2 Å². The molecule has 2 saturated heterocycles. The summed E-state index contributed by atoms with van der Waals surface area (Å²) in [7, 11) is -2.57. The number of hydrogen-bond acceptors (Lipinski definition) is 8. The molecule has 2 fully saturated rings. The second kappa shape index (κ2) is 7.72. The van der Waals surface area contributed by atoms with E-state index in [2.05, 4.69) is 14.4 Å². The number of nitrogens with one attached hydrogen (secondary N) is 1. The Balaban J connectivity index is 1.48. The zero-order chi connectivity index (χ0) is 19.7. The topological polar surface area (TPSA) is 113 Å². The van der Waals surface area contributed by atoms with Gasteiger partial charge in [0.05, 0.1) is 31.9 Å². The van der Waals surface area contributed by atoms with E-state index in [0.717, 1.165) is 5.39 Å². The number of hydrogen-bond donors (Lipinski definition) is 1. The van der Waals surface area contributed by atoms with Crippen molar-refractivity contribution in [2.75, 3.05) is 26.9 Å². The second-order valence-corrected chi connectivity index (χ2v) is 8.26. The zero-order valence-corrected chi connectivity index (χ0v) is 15.9. The molecule has 1 aromatic carbocycles. The number of carbonyl (C=O) groups is 1. The molecule has 9 nitrogen and oxygen atoms in total. The Bertz CT molecular complexity index is 976. The van der Waals surface area contributed by atoms with Gasteiger partial charge in [-0.2, -0.15) is 0 Å². The monoisotopic (exact) mass is 408 g/mol. The highest BCUT2D eigenvalue weighted by atomic mass is 32.2. The maximum Gasteiger partial charge on any atom is 0.331 e. The van der Waals surface area contributed by atoms with Crippen molar-refractivity contribution in [3.05, 3.63) is 36.5 Å². The van der Waals surface area contributed by atoms with Gasteiger partial charge in [0.1, 0.15) is 29.8 Å². The highest BCUT2D eigenvalue weighted by Crippen LogP contribution is 2.30. The summed E-state index contributed by atoms with van der Waals surface area (Å²) in [5.74, 6) is -0.498. The summed E-state index contributed by atoms with van der Waals surface area (Å²) in [5, 5.41) is 0.735. The number of aromatic nitrogens is 1. The smallest absolute Gasteiger partial charge is 0.331 e. The molecule has 1 aromatic heterocycles. The van der Waals surface area contributed by atoms with Gasteiger partial charge in [0, 0.05) is 11.6 Å². The quantitative estimate of drug-likeness (QED) is 0.677. The molecule has 2 aromatic rings. The first-order valence-electron chi connectivity index (χ1n) is 8.77. The number of sulfonamides is 1. The number of carbonyl (C=O) groups excluding carboxylic acids is 1. The third-order valence-corrected chi connectivity index (χ3v) is 6.36. The Morgan fingerprint density at radius 3 is 2.82 bits per heavy atom. The highest BCUT2D eigenvalue weighted by molar-refractivity contribution is 7.89. The van der Waals surface area contributed by atoms with Crippen molar-refractivity contribution in [3.8, 4) is 0 Å². The van der Waals surface area contributed by atoms with Crippen LogP contribution in [0.1, 0.15) is 0 Å². The van der Waals surface area contributed by atoms with Gasteiger partial charge in [0.2, 0.25) is 10.0 Å². The summed E-state index contributed by atoms with van der Waals surface area (Å²) >= 11 is 0. The van der Waals surface area contributed by atoms with Gasteiger partial charge in [0.15, 0.2) is 0 Å². The van der Waals surface area contributed by atoms with Gasteiger partial charge in [-0.15, -0.1) is 0 Å². The Hall–Kier alpha value is -2.11. The van der Waals surface area contributed by atoms with Crippen LogP contribution in [0.15, 0.2) is 41.4 Å². The minimum absolute atomic E-state index is 0.102. The molecule has 28 heavy (non-hydrogen) atoms. The van der Waals surface area contributed by atoms with Crippen LogP contribution in [0.4, 0.5) is 0 Å². The van der Waals surface area contributed by atoms with Crippen molar-refractivity contribution in [2.24, 2.45) is 0 Å². The number of para-hydroxylation sites is 1. The minimum Gasteiger partial charge on any atom is -0.467 e. The maximum atomic E-state index is 13.0. The predicted molar refractivity (Wildman–Crippen MR) is 97.1 cm³/mol. The largest absolute Gasteiger partial charge is 0.467 e. The Labute approximate surface area is 162 Å². The molecule has 2 aliphatic rings. The van der Waals surface area contributed by atoms with Crippen molar-refractivity contribution in [1.29, 1.82) is 0 Å². The molecule has 4 atom stereocenters. The normalized spacial score (nSPS) is 27.0. The van der Waals surface area contributed by atoms with Crippen LogP contribution in [0.5, 0.6) is 0 Å². The number of esters is 1. The van der Waals surface area contributed by atoms with Crippen LogP contribution >= 0.6 is 0 Å². The molecule has 0 saturated carbocycles. The fourth-order valence-electron chi connectivity index (χ4n) is 3.50. The molecule has 10 heteroatoms. The average Bonchev–Trinajstić information content (AvgIpc) is 3.28. The third-order valence-electron chi connectivity index (χ3n) is 4.84. The van der Waals surface area contributed by atoms with E-state index in [1.54, 1.807) is 30.5 Å². The lowest BCUT2D eigenvalue weighted by Gasteiger charge is -2.18. The summed E-state index contributed by atoms with van der Waals surface area (Å²) < 4.78 is 50.0. The highest BCUT2D eigenvalue weighted by Gasteiger charge is 2.49. The summed E-state index contributed by atoms with van der Waals surface area (Å²) in [5.41, 5.74) is 0.402. The van der Waals surface area contributed by atoms with Gasteiger partial charge in [-0.05, 0) is 12.1 Å². The molecule has 0 bridgehead atoms. The van der Waals surface area contributed by atoms with Gasteiger partial charge < -0.3 is 18.9 Å². The molecule has 0 unspecified atom stereocenters. The molecule has 150 valence electrons. The molecule has 2 aliphatic heterocycles. The lowest BCUT2D eigenvalue weighted by molar-refractivity contribution is -0.150. The third kappa shape index (κ3) is 3.61. The number of benzene rings is 1. The summed E-state index contributed by atoms with van der Waals surface area (Å²) in [6.07, 6.45) is 0.139. The van der Waals surface area contributed by atoms with Crippen molar-refractivity contribution < 1.29 is 32.2 Å². The van der Waals surface area contributed by atoms with Crippen LogP contribution < -0.4 is 4.72 Å². The SMILES string of the molecule is COC(=O)CO[C@H]1CO[C@@H]2[C@@H]1OC[C@@H]2NS(=O)(=O)c1cccc2cccnc12. The van der Waals surface area contributed by atoms with Crippen LogP contribution in [0.2, 0.25) is 0 Å². The molecule has 1 N–H and O–H groups in total. The van der Waals surface area contributed by atoms with E-state index in [1.165, 1.54) is 13.2 Å². The molecule has 0 spiro atoms. The van der Waals surface area contributed by atoms with Crippen molar-refractivity contribution in [1.82, 2.24) is 9.71 Å². The standard InChI is InChI=1S/C18H20N2O7S/c1-24-15(21)10-25-13-9-27-17-12(8-26-18(13)17)20-28(22,23)14-6-2-4-11-5-3-7-19-16(11)14/h2-7,12-13,17-18,20H,8-10H2,1H3/t12-,13-,17-,18+/m0/s1. The van der Waals surface area contributed by atoms with E-state index in [1.807, 2.05) is 0 Å². The number of fused-ring (bicyclic) bond motifs is 2. The van der Waals surface area contributed by atoms with Crippen molar-refractivity contribution >= 4 is 26.9 Å². The van der Waals surface area contributed by atoms with Gasteiger partial charge in [-0.1, -0.05) is 18.2 Å². The van der Waals surface area contributed by atoms with E-state index in [9.17, 15) is 13.2 Å². The molecule has 0 amide bonds. The molecule has 4 rings (SSSR count). The number of rotatable bonds is 6. The minimum atomic E-state index is -3.84. The Morgan fingerprint density at radius 1 is 1.21 bits per heavy atom. The Morgan fingerprint density at radius 2 is 2.00 bits per heavy atom. The van der Waals surface area contributed by atoms with Crippen LogP contribution in [0, 0.1) is 0 Å². The molecular weight excluding hydrogens is 388 g/mol. The first kappa shape index (κ1) is 19.2. The molecule has 3 heterocycles. The van der Waals surface area contributed by atoms with Crippen LogP contribution in [-0.4, -0.2) is 70.7 Å². The molecular formula is C18H20N2O7S. The van der Waals surface area contributed by atoms with E-state index in [0.29, 0.717) is 5.52 Å². The Kier molecular flexibility index (Phi) is 5.30. The fourth-order valence-corrected chi connectivity index (χ4v) is 4.91. The van der Waals surface area contributed by atoms with E-state index in [4.69, 9.17) is 14.2 Å². The van der Waals surface area contributed by atoms with Crippen LogP contribution in [-0.2, 0) is 33.8 Å². The number of nitrogens with zero attached hydrogens (tertiary/aromatic N) is 1.